The fourth-order valence-electron chi connectivity index (χ4n) is 1.21. The van der Waals surface area contributed by atoms with E-state index in [0.29, 0.717) is 11.3 Å². The summed E-state index contributed by atoms with van der Waals surface area (Å²) in [6.07, 6.45) is 1.31. The summed E-state index contributed by atoms with van der Waals surface area (Å²) < 4.78 is 15.0. The Morgan fingerprint density at radius 1 is 1.40 bits per heavy atom. The largest absolute Gasteiger partial charge is 0.270 e. The molecule has 74 valence electrons. The van der Waals surface area contributed by atoms with Gasteiger partial charge in [-0.25, -0.2) is 0 Å². The zero-order valence-electron chi connectivity index (χ0n) is 9.68. The second kappa shape index (κ2) is 3.88. The standard InChI is InChI=1S/C11H8N2O2/c14-13(15)10-5-3-4-9(8-10)11-6-1-2-7-12-11/h1-8H/i2D,6D. The molecule has 0 aliphatic carbocycles. The van der Waals surface area contributed by atoms with Crippen LogP contribution in [0.25, 0.3) is 11.3 Å². The number of nitro groups is 1. The molecule has 2 aromatic rings. The average molecular weight is 202 g/mol. The van der Waals surface area contributed by atoms with Crippen LogP contribution in [0.5, 0.6) is 0 Å². The molecule has 1 aromatic heterocycles. The van der Waals surface area contributed by atoms with Crippen molar-refractivity contribution in [1.29, 1.82) is 0 Å². The minimum Gasteiger partial charge on any atom is -0.258 e. The fourth-order valence-corrected chi connectivity index (χ4v) is 1.21. The quantitative estimate of drug-likeness (QED) is 0.555. The Balaban J connectivity index is 2.53. The highest BCUT2D eigenvalue weighted by molar-refractivity contribution is 5.62. The van der Waals surface area contributed by atoms with Crippen LogP contribution in [0, 0.1) is 10.1 Å². The van der Waals surface area contributed by atoms with E-state index in [1.165, 1.54) is 24.4 Å². The molecule has 0 saturated heterocycles. The van der Waals surface area contributed by atoms with Crippen molar-refractivity contribution in [3.05, 3.63) is 58.7 Å². The SMILES string of the molecule is [2H]c1cnc(-c2cccc([N+](=O)[O-])c2)c([2H])c1. The van der Waals surface area contributed by atoms with Gasteiger partial charge in [-0.05, 0) is 12.1 Å². The summed E-state index contributed by atoms with van der Waals surface area (Å²) in [6, 6.07) is 7.51. The number of rotatable bonds is 2. The second-order valence-corrected chi connectivity index (χ2v) is 2.87. The van der Waals surface area contributed by atoms with Gasteiger partial charge in [0, 0.05) is 23.9 Å². The minimum atomic E-state index is -0.494. The third kappa shape index (κ3) is 1.99. The topological polar surface area (TPSA) is 56.0 Å². The van der Waals surface area contributed by atoms with Crippen molar-refractivity contribution >= 4 is 5.69 Å². The fraction of sp³-hybridized carbons (Fsp3) is 0. The molecule has 1 aromatic carbocycles. The van der Waals surface area contributed by atoms with E-state index in [1.54, 1.807) is 12.1 Å². The van der Waals surface area contributed by atoms with Crippen molar-refractivity contribution < 1.29 is 7.66 Å². The predicted octanol–water partition coefficient (Wildman–Crippen LogP) is 2.66. The molecule has 0 saturated carbocycles. The van der Waals surface area contributed by atoms with Crippen LogP contribution in [-0.2, 0) is 0 Å². The lowest BCUT2D eigenvalue weighted by Crippen LogP contribution is -1.88. The Labute approximate surface area is 89.2 Å². The van der Waals surface area contributed by atoms with Gasteiger partial charge in [0.25, 0.3) is 5.69 Å². The van der Waals surface area contributed by atoms with E-state index in [1.807, 2.05) is 0 Å². The minimum absolute atomic E-state index is 0.0429. The molecule has 0 radical (unpaired) electrons. The number of hydrogen-bond acceptors (Lipinski definition) is 3. The molecule has 0 bridgehead atoms. The van der Waals surface area contributed by atoms with Gasteiger partial charge in [-0.15, -0.1) is 0 Å². The van der Waals surface area contributed by atoms with Crippen molar-refractivity contribution in [2.45, 2.75) is 0 Å². The number of benzene rings is 1. The highest BCUT2D eigenvalue weighted by Crippen LogP contribution is 2.21. The highest BCUT2D eigenvalue weighted by Gasteiger charge is 2.06. The molecule has 0 fully saturated rings. The van der Waals surface area contributed by atoms with Crippen molar-refractivity contribution in [3.8, 4) is 11.3 Å². The average Bonchev–Trinajstić information content (AvgIpc) is 2.29. The molecule has 0 unspecified atom stereocenters. The van der Waals surface area contributed by atoms with Gasteiger partial charge < -0.3 is 0 Å². The van der Waals surface area contributed by atoms with E-state index in [4.69, 9.17) is 2.74 Å². The molecule has 0 spiro atoms. The van der Waals surface area contributed by atoms with Crippen LogP contribution < -0.4 is 0 Å². The van der Waals surface area contributed by atoms with E-state index in [2.05, 4.69) is 4.98 Å². The normalized spacial score (nSPS) is 11.7. The first-order valence-corrected chi connectivity index (χ1v) is 4.26. The Hall–Kier alpha value is -2.23. The van der Waals surface area contributed by atoms with Gasteiger partial charge in [0.2, 0.25) is 0 Å². The van der Waals surface area contributed by atoms with Gasteiger partial charge in [0.15, 0.2) is 0 Å². The highest BCUT2D eigenvalue weighted by atomic mass is 16.6. The monoisotopic (exact) mass is 202 g/mol. The third-order valence-electron chi connectivity index (χ3n) is 1.89. The van der Waals surface area contributed by atoms with Crippen molar-refractivity contribution in [2.24, 2.45) is 0 Å². The van der Waals surface area contributed by atoms with Crippen LogP contribution in [0.3, 0.4) is 0 Å². The first-order chi connectivity index (χ1) is 8.08. The van der Waals surface area contributed by atoms with E-state index in [9.17, 15) is 10.1 Å². The molecule has 4 heteroatoms. The molecular formula is C11H8N2O2. The molecule has 0 aliphatic rings. The van der Waals surface area contributed by atoms with Crippen LogP contribution in [0.1, 0.15) is 2.74 Å². The summed E-state index contributed by atoms with van der Waals surface area (Å²) in [5.41, 5.74) is 0.799. The lowest BCUT2D eigenvalue weighted by Gasteiger charge is -1.99. The molecule has 1 heterocycles. The summed E-state index contributed by atoms with van der Waals surface area (Å²) in [5.74, 6) is 0. The molecule has 0 aliphatic heterocycles. The molecule has 0 atom stereocenters. The van der Waals surface area contributed by atoms with Crippen LogP contribution in [0.2, 0.25) is 0 Å². The molecular weight excluding hydrogens is 192 g/mol. The molecule has 0 N–H and O–H groups in total. The van der Waals surface area contributed by atoms with Crippen LogP contribution in [0.15, 0.2) is 48.6 Å². The van der Waals surface area contributed by atoms with Crippen LogP contribution >= 0.6 is 0 Å². The van der Waals surface area contributed by atoms with Gasteiger partial charge in [0.1, 0.15) is 0 Å². The number of aromatic nitrogens is 1. The third-order valence-corrected chi connectivity index (χ3v) is 1.89. The number of hydrogen-bond donors (Lipinski definition) is 0. The van der Waals surface area contributed by atoms with Crippen molar-refractivity contribution in [3.63, 3.8) is 0 Å². The zero-order valence-corrected chi connectivity index (χ0v) is 7.68. The van der Waals surface area contributed by atoms with E-state index < -0.39 is 4.92 Å². The van der Waals surface area contributed by atoms with Crippen molar-refractivity contribution in [1.82, 2.24) is 4.98 Å². The first-order valence-electron chi connectivity index (χ1n) is 5.26. The van der Waals surface area contributed by atoms with Gasteiger partial charge >= 0.3 is 0 Å². The molecule has 15 heavy (non-hydrogen) atoms. The van der Waals surface area contributed by atoms with E-state index in [-0.39, 0.29) is 17.8 Å². The van der Waals surface area contributed by atoms with Crippen molar-refractivity contribution in [2.75, 3.05) is 0 Å². The molecule has 4 nitrogen and oxygen atoms in total. The summed E-state index contributed by atoms with van der Waals surface area (Å²) in [5, 5.41) is 10.6. The maximum Gasteiger partial charge on any atom is 0.270 e. The Bertz CT molecular complexity index is 587. The number of pyridine rings is 1. The smallest absolute Gasteiger partial charge is 0.258 e. The van der Waals surface area contributed by atoms with Gasteiger partial charge in [-0.2, -0.15) is 0 Å². The summed E-state index contributed by atoms with van der Waals surface area (Å²) in [4.78, 5) is 14.1. The maximum atomic E-state index is 10.6. The van der Waals surface area contributed by atoms with Gasteiger partial charge in [0.05, 0.1) is 13.4 Å². The lowest BCUT2D eigenvalue weighted by molar-refractivity contribution is -0.384. The van der Waals surface area contributed by atoms with Crippen LogP contribution in [0.4, 0.5) is 5.69 Å². The number of nitro benzene ring substituents is 1. The lowest BCUT2D eigenvalue weighted by atomic mass is 10.1. The second-order valence-electron chi connectivity index (χ2n) is 2.87. The summed E-state index contributed by atoms with van der Waals surface area (Å²) in [6.45, 7) is 0. The Kier molecular flexibility index (Phi) is 1.84. The maximum absolute atomic E-state index is 10.6. The van der Waals surface area contributed by atoms with Gasteiger partial charge in [-0.1, -0.05) is 18.2 Å². The summed E-state index contributed by atoms with van der Waals surface area (Å²) in [7, 11) is 0. The number of non-ortho nitro benzene ring substituents is 1. The Morgan fingerprint density at radius 2 is 2.27 bits per heavy atom. The molecule has 0 amide bonds. The van der Waals surface area contributed by atoms with E-state index in [0.717, 1.165) is 0 Å². The predicted molar refractivity (Wildman–Crippen MR) is 56.3 cm³/mol. The van der Waals surface area contributed by atoms with E-state index >= 15 is 0 Å². The molecule has 2 rings (SSSR count). The zero-order chi connectivity index (χ0) is 12.4. The Morgan fingerprint density at radius 3 is 3.00 bits per heavy atom. The number of nitrogens with zero attached hydrogens (tertiary/aromatic N) is 2. The van der Waals surface area contributed by atoms with Crippen LogP contribution in [-0.4, -0.2) is 9.91 Å². The first kappa shape index (κ1) is 7.11. The van der Waals surface area contributed by atoms with Gasteiger partial charge in [-0.3, -0.25) is 15.1 Å². The summed E-state index contributed by atoms with van der Waals surface area (Å²) >= 11 is 0.